The molecule has 0 saturated carbocycles. The summed E-state index contributed by atoms with van der Waals surface area (Å²) in [6.07, 6.45) is 2.73. The summed E-state index contributed by atoms with van der Waals surface area (Å²) in [7, 11) is -1.72. The minimum atomic E-state index is -3.34. The van der Waals surface area contributed by atoms with E-state index in [1.165, 1.54) is 28.8 Å². The number of anilines is 2. The number of hydrogen-bond donors (Lipinski definition) is 2. The largest absolute Gasteiger partial charge is 0.508 e. The zero-order chi connectivity index (χ0) is 21.5. The zero-order valence-electron chi connectivity index (χ0n) is 16.2. The molecule has 2 heterocycles. The van der Waals surface area contributed by atoms with Crippen molar-refractivity contribution in [3.8, 4) is 16.9 Å². The van der Waals surface area contributed by atoms with Crippen LogP contribution in [-0.2, 0) is 16.9 Å². The van der Waals surface area contributed by atoms with Crippen molar-refractivity contribution in [3.05, 3.63) is 71.1 Å². The summed E-state index contributed by atoms with van der Waals surface area (Å²) in [5.74, 6) is 0.357. The monoisotopic (exact) mass is 422 g/mol. The van der Waals surface area contributed by atoms with Gasteiger partial charge in [-0.1, -0.05) is 18.2 Å². The molecule has 2 N–H and O–H groups in total. The van der Waals surface area contributed by atoms with Gasteiger partial charge in [0, 0.05) is 36.1 Å². The van der Waals surface area contributed by atoms with Gasteiger partial charge in [0.2, 0.25) is 5.95 Å². The maximum Gasteiger partial charge on any atom is 0.259 e. The number of nitrogens with one attached hydrogen (secondary N) is 1. The highest BCUT2D eigenvalue weighted by atomic mass is 32.2. The van der Waals surface area contributed by atoms with Gasteiger partial charge in [-0.25, -0.2) is 13.4 Å². The minimum absolute atomic E-state index is 0.121. The zero-order valence-corrected chi connectivity index (χ0v) is 17.0. The standard InChI is InChI=1S/C21H18N4O4S/c1-25-19-14(10-18(20(25)27)13-6-8-16(26)9-7-13)12-22-21(24-19)23-15-4-3-5-17(11-15)30(2,28)29/h3-12,26H,1-2H3,(H,22,23,24). The summed E-state index contributed by atoms with van der Waals surface area (Å²) < 4.78 is 24.9. The summed E-state index contributed by atoms with van der Waals surface area (Å²) in [6, 6.07) is 14.4. The highest BCUT2D eigenvalue weighted by Crippen LogP contribution is 2.23. The molecule has 4 aromatic rings. The SMILES string of the molecule is Cn1c(=O)c(-c2ccc(O)cc2)cc2cnc(Nc3cccc(S(C)(=O)=O)c3)nc21. The maximum atomic E-state index is 12.8. The van der Waals surface area contributed by atoms with Gasteiger partial charge in [0.05, 0.1) is 4.90 Å². The predicted molar refractivity (Wildman–Crippen MR) is 115 cm³/mol. The first-order valence-electron chi connectivity index (χ1n) is 8.96. The normalized spacial score (nSPS) is 11.5. The van der Waals surface area contributed by atoms with Gasteiger partial charge in [0.15, 0.2) is 9.84 Å². The number of benzene rings is 2. The highest BCUT2D eigenvalue weighted by Gasteiger charge is 2.12. The van der Waals surface area contributed by atoms with Gasteiger partial charge >= 0.3 is 0 Å². The molecule has 0 atom stereocenters. The number of aromatic hydroxyl groups is 1. The van der Waals surface area contributed by atoms with E-state index in [1.807, 2.05) is 0 Å². The molecule has 0 bridgehead atoms. The molecular weight excluding hydrogens is 404 g/mol. The molecule has 30 heavy (non-hydrogen) atoms. The first kappa shape index (κ1) is 19.6. The first-order chi connectivity index (χ1) is 14.2. The third-order valence-electron chi connectivity index (χ3n) is 4.65. The maximum absolute atomic E-state index is 12.8. The fourth-order valence-corrected chi connectivity index (χ4v) is 3.76. The second-order valence-electron chi connectivity index (χ2n) is 6.87. The van der Waals surface area contributed by atoms with Crippen LogP contribution in [0.25, 0.3) is 22.2 Å². The number of hydrogen-bond acceptors (Lipinski definition) is 7. The van der Waals surface area contributed by atoms with Gasteiger partial charge in [-0.15, -0.1) is 0 Å². The van der Waals surface area contributed by atoms with Gasteiger partial charge in [-0.05, 0) is 42.0 Å². The lowest BCUT2D eigenvalue weighted by molar-refractivity contribution is 0.475. The van der Waals surface area contributed by atoms with E-state index in [0.717, 1.165) is 6.26 Å². The van der Waals surface area contributed by atoms with Crippen LogP contribution in [0.3, 0.4) is 0 Å². The third kappa shape index (κ3) is 3.74. The number of nitrogens with zero attached hydrogens (tertiary/aromatic N) is 3. The van der Waals surface area contributed by atoms with Gasteiger partial charge in [-0.2, -0.15) is 4.98 Å². The fourth-order valence-electron chi connectivity index (χ4n) is 3.09. The lowest BCUT2D eigenvalue weighted by Gasteiger charge is -2.11. The van der Waals surface area contributed by atoms with Crippen LogP contribution in [0.2, 0.25) is 0 Å². The Hall–Kier alpha value is -3.72. The minimum Gasteiger partial charge on any atom is -0.508 e. The summed E-state index contributed by atoms with van der Waals surface area (Å²) in [5.41, 5.74) is 1.85. The Morgan fingerprint density at radius 1 is 1.07 bits per heavy atom. The van der Waals surface area contributed by atoms with Crippen molar-refractivity contribution >= 4 is 32.5 Å². The molecule has 8 nitrogen and oxygen atoms in total. The smallest absolute Gasteiger partial charge is 0.259 e. The molecular formula is C21H18N4O4S. The van der Waals surface area contributed by atoms with E-state index in [2.05, 4.69) is 15.3 Å². The lowest BCUT2D eigenvalue weighted by Crippen LogP contribution is -2.20. The summed E-state index contributed by atoms with van der Waals surface area (Å²) in [5, 5.41) is 13.1. The van der Waals surface area contributed by atoms with Gasteiger partial charge in [-0.3, -0.25) is 9.36 Å². The number of aromatic nitrogens is 3. The number of phenols is 1. The Kier molecular flexibility index (Phi) is 4.75. The van der Waals surface area contributed by atoms with Crippen LogP contribution in [0.4, 0.5) is 11.6 Å². The highest BCUT2D eigenvalue weighted by molar-refractivity contribution is 7.90. The van der Waals surface area contributed by atoms with Crippen molar-refractivity contribution in [1.29, 1.82) is 0 Å². The van der Waals surface area contributed by atoms with Gasteiger partial charge in [0.25, 0.3) is 5.56 Å². The number of aryl methyl sites for hydroxylation is 1. The van der Waals surface area contributed by atoms with E-state index < -0.39 is 9.84 Å². The summed E-state index contributed by atoms with van der Waals surface area (Å²) in [6.45, 7) is 0. The summed E-state index contributed by atoms with van der Waals surface area (Å²) >= 11 is 0. The number of rotatable bonds is 4. The third-order valence-corrected chi connectivity index (χ3v) is 5.76. The number of fused-ring (bicyclic) bond motifs is 1. The van der Waals surface area contributed by atoms with E-state index >= 15 is 0 Å². The van der Waals surface area contributed by atoms with Crippen LogP contribution < -0.4 is 10.9 Å². The van der Waals surface area contributed by atoms with Crippen LogP contribution >= 0.6 is 0 Å². The van der Waals surface area contributed by atoms with Crippen LogP contribution in [0.1, 0.15) is 0 Å². The number of phenolic OH excluding ortho intramolecular Hbond substituents is 1. The Labute approximate surface area is 172 Å². The molecule has 0 aliphatic heterocycles. The molecule has 0 amide bonds. The quantitative estimate of drug-likeness (QED) is 0.520. The lowest BCUT2D eigenvalue weighted by atomic mass is 10.1. The molecule has 0 fully saturated rings. The fraction of sp³-hybridized carbons (Fsp3) is 0.0952. The van der Waals surface area contributed by atoms with Crippen LogP contribution in [0.5, 0.6) is 5.75 Å². The average molecular weight is 422 g/mol. The molecule has 4 rings (SSSR count). The Morgan fingerprint density at radius 3 is 2.50 bits per heavy atom. The molecule has 0 spiro atoms. The Morgan fingerprint density at radius 2 is 1.80 bits per heavy atom. The van der Waals surface area contributed by atoms with Crippen molar-refractivity contribution in [2.45, 2.75) is 4.90 Å². The predicted octanol–water partition coefficient (Wildman–Crippen LogP) is 2.85. The molecule has 0 aliphatic rings. The Bertz CT molecular complexity index is 1430. The molecule has 0 aliphatic carbocycles. The van der Waals surface area contributed by atoms with E-state index in [1.54, 1.807) is 43.6 Å². The van der Waals surface area contributed by atoms with Crippen LogP contribution in [-0.4, -0.2) is 34.3 Å². The number of pyridine rings is 1. The van der Waals surface area contributed by atoms with Crippen LogP contribution in [0, 0.1) is 0 Å². The van der Waals surface area contributed by atoms with Crippen molar-refractivity contribution in [1.82, 2.24) is 14.5 Å². The Balaban J connectivity index is 1.75. The molecule has 0 unspecified atom stereocenters. The van der Waals surface area contributed by atoms with E-state index in [9.17, 15) is 18.3 Å². The molecule has 2 aromatic carbocycles. The molecule has 9 heteroatoms. The molecule has 2 aromatic heterocycles. The second-order valence-corrected chi connectivity index (χ2v) is 8.88. The van der Waals surface area contributed by atoms with E-state index in [0.29, 0.717) is 27.8 Å². The topological polar surface area (TPSA) is 114 Å². The van der Waals surface area contributed by atoms with Crippen molar-refractivity contribution in [3.63, 3.8) is 0 Å². The first-order valence-corrected chi connectivity index (χ1v) is 10.8. The van der Waals surface area contributed by atoms with Crippen LogP contribution in [0.15, 0.2) is 70.5 Å². The van der Waals surface area contributed by atoms with Gasteiger partial charge < -0.3 is 10.4 Å². The van der Waals surface area contributed by atoms with E-state index in [-0.39, 0.29) is 22.2 Å². The molecule has 0 saturated heterocycles. The summed E-state index contributed by atoms with van der Waals surface area (Å²) in [4.78, 5) is 21.7. The van der Waals surface area contributed by atoms with Crippen molar-refractivity contribution in [2.24, 2.45) is 7.05 Å². The van der Waals surface area contributed by atoms with E-state index in [4.69, 9.17) is 0 Å². The molecule has 0 radical (unpaired) electrons. The number of sulfone groups is 1. The average Bonchev–Trinajstić information content (AvgIpc) is 2.71. The van der Waals surface area contributed by atoms with Crippen molar-refractivity contribution < 1.29 is 13.5 Å². The second kappa shape index (κ2) is 7.27. The van der Waals surface area contributed by atoms with Crippen molar-refractivity contribution in [2.75, 3.05) is 11.6 Å². The molecule has 152 valence electrons. The van der Waals surface area contributed by atoms with Gasteiger partial charge in [0.1, 0.15) is 11.4 Å².